The van der Waals surface area contributed by atoms with Crippen LogP contribution in [0.15, 0.2) is 47.6 Å². The Labute approximate surface area is 224 Å². The topological polar surface area (TPSA) is 161 Å². The molecule has 0 fully saturated rings. The fourth-order valence-corrected chi connectivity index (χ4v) is 4.44. The number of rotatable bonds is 5. The largest absolute Gasteiger partial charge is 0.384 e. The summed E-state index contributed by atoms with van der Waals surface area (Å²) in [5.41, 5.74) is 2.70. The van der Waals surface area contributed by atoms with E-state index in [0.717, 1.165) is 48.4 Å². The van der Waals surface area contributed by atoms with Crippen molar-refractivity contribution in [2.45, 2.75) is 31.7 Å². The zero-order valence-electron chi connectivity index (χ0n) is 20.4. The van der Waals surface area contributed by atoms with Crippen molar-refractivity contribution >= 4 is 41.3 Å². The van der Waals surface area contributed by atoms with Crippen LogP contribution in [0.1, 0.15) is 48.8 Å². The smallest absolute Gasteiger partial charge is 0.244 e. The highest BCUT2D eigenvalue weighted by Gasteiger charge is 2.23. The maximum absolute atomic E-state index is 14.8. The van der Waals surface area contributed by atoms with Crippen molar-refractivity contribution in [3.8, 4) is 17.3 Å². The summed E-state index contributed by atoms with van der Waals surface area (Å²) in [4.78, 5) is 20.8. The first kappa shape index (κ1) is 26.7. The van der Waals surface area contributed by atoms with E-state index in [0.29, 0.717) is 23.6 Å². The molecule has 10 nitrogen and oxygen atoms in total. The highest BCUT2D eigenvalue weighted by Crippen LogP contribution is 2.32. The number of imidazole rings is 1. The van der Waals surface area contributed by atoms with Gasteiger partial charge in [-0.1, -0.05) is 42.6 Å². The van der Waals surface area contributed by atoms with Crippen LogP contribution in [0.5, 0.6) is 0 Å². The second-order valence-corrected chi connectivity index (χ2v) is 9.05. The first-order chi connectivity index (χ1) is 18.4. The van der Waals surface area contributed by atoms with Crippen LogP contribution in [-0.2, 0) is 4.79 Å². The van der Waals surface area contributed by atoms with Gasteiger partial charge in [0.25, 0.3) is 0 Å². The number of hydrogen-bond donors (Lipinski definition) is 5. The minimum Gasteiger partial charge on any atom is -0.384 e. The summed E-state index contributed by atoms with van der Waals surface area (Å²) >= 11 is 5.95. The molecule has 3 aromatic rings. The number of hydrazone groups is 1. The number of nitrogens with one attached hydrogen (secondary N) is 3. The lowest BCUT2D eigenvalue weighted by atomic mass is 10.1. The normalized spacial score (nSPS) is 15.7. The van der Waals surface area contributed by atoms with Crippen molar-refractivity contribution in [1.82, 2.24) is 15.3 Å². The van der Waals surface area contributed by atoms with Gasteiger partial charge in [-0.25, -0.2) is 15.2 Å². The van der Waals surface area contributed by atoms with Gasteiger partial charge < -0.3 is 21.5 Å². The average Bonchev–Trinajstić information content (AvgIpc) is 3.35. The summed E-state index contributed by atoms with van der Waals surface area (Å²) in [6, 6.07) is 12.2. The third kappa shape index (κ3) is 5.94. The number of carbonyl (C=O) groups is 1. The lowest BCUT2D eigenvalue weighted by Gasteiger charge is -2.18. The number of amides is 1. The molecule has 0 spiro atoms. The fourth-order valence-electron chi connectivity index (χ4n) is 4.28. The van der Waals surface area contributed by atoms with Crippen molar-refractivity contribution in [2.24, 2.45) is 16.8 Å². The van der Waals surface area contributed by atoms with Gasteiger partial charge in [0.1, 0.15) is 29.6 Å². The van der Waals surface area contributed by atoms with Crippen molar-refractivity contribution in [3.63, 3.8) is 0 Å². The standard InChI is InChI=1S/C26H27ClFN9O/c27-18-10-11-22(37(31)15-33-30)17(24(18)28)9-12-23(38)34-20-8-2-1-5-13-32-19-7-4-3-6-16(19)25-21(14-29)35-26(20)36-25/h3-4,6-7,9-12,15,20,32H,1-2,5,8,13,30-31H2,(H,34,38)(H,35,36)/b12-9+,33-15-/t20-/m0/s1. The Balaban J connectivity index is 1.64. The number of nitrogens with two attached hydrogens (primary N) is 2. The molecule has 1 aliphatic heterocycles. The van der Waals surface area contributed by atoms with Gasteiger partial charge in [-0.2, -0.15) is 10.4 Å². The number of fused-ring (bicyclic) bond motifs is 4. The Morgan fingerprint density at radius 2 is 2.11 bits per heavy atom. The summed E-state index contributed by atoms with van der Waals surface area (Å²) in [6.07, 6.45) is 6.86. The number of hydrazine groups is 1. The summed E-state index contributed by atoms with van der Waals surface area (Å²) < 4.78 is 14.8. The molecule has 38 heavy (non-hydrogen) atoms. The highest BCUT2D eigenvalue weighted by molar-refractivity contribution is 6.31. The van der Waals surface area contributed by atoms with Crippen LogP contribution in [0.3, 0.4) is 0 Å². The van der Waals surface area contributed by atoms with Gasteiger partial charge >= 0.3 is 0 Å². The SMILES string of the molecule is N#Cc1[nH]c2nc1-c1ccccc1NCCCCC[C@@H]2NC(=O)/C=C/c1c(N(N)/C=N\N)ccc(Cl)c1F. The molecule has 1 amide bonds. The second kappa shape index (κ2) is 12.2. The number of anilines is 2. The van der Waals surface area contributed by atoms with E-state index in [2.05, 4.69) is 26.8 Å². The van der Waals surface area contributed by atoms with E-state index in [1.165, 1.54) is 24.3 Å². The van der Waals surface area contributed by atoms with Gasteiger partial charge in [0.05, 0.1) is 16.8 Å². The van der Waals surface area contributed by atoms with Crippen LogP contribution in [0.4, 0.5) is 15.8 Å². The third-order valence-electron chi connectivity index (χ3n) is 6.13. The first-order valence-corrected chi connectivity index (χ1v) is 12.4. The quantitative estimate of drug-likeness (QED) is 0.108. The summed E-state index contributed by atoms with van der Waals surface area (Å²) in [7, 11) is 0. The molecule has 1 aliphatic rings. The number of nitriles is 1. The molecular formula is C26H27ClFN9O. The number of aromatic nitrogens is 2. The van der Waals surface area contributed by atoms with Crippen LogP contribution in [-0.4, -0.2) is 28.8 Å². The minimum atomic E-state index is -0.748. The van der Waals surface area contributed by atoms with Crippen LogP contribution in [0, 0.1) is 17.1 Å². The predicted molar refractivity (Wildman–Crippen MR) is 146 cm³/mol. The van der Waals surface area contributed by atoms with Crippen LogP contribution >= 0.6 is 11.6 Å². The van der Waals surface area contributed by atoms with E-state index in [1.807, 2.05) is 24.3 Å². The third-order valence-corrected chi connectivity index (χ3v) is 6.42. The van der Waals surface area contributed by atoms with E-state index in [9.17, 15) is 14.4 Å². The zero-order valence-corrected chi connectivity index (χ0v) is 21.2. The maximum atomic E-state index is 14.8. The van der Waals surface area contributed by atoms with E-state index < -0.39 is 17.8 Å². The van der Waals surface area contributed by atoms with Crippen molar-refractivity contribution < 1.29 is 9.18 Å². The van der Waals surface area contributed by atoms with Gasteiger partial charge in [-0.15, -0.1) is 0 Å². The van der Waals surface area contributed by atoms with Crippen LogP contribution < -0.4 is 27.3 Å². The van der Waals surface area contributed by atoms with E-state index in [1.54, 1.807) is 0 Å². The Hall–Kier alpha value is -4.40. The summed E-state index contributed by atoms with van der Waals surface area (Å²) in [5, 5.41) is 20.3. The van der Waals surface area contributed by atoms with Gasteiger partial charge in [-0.3, -0.25) is 9.80 Å². The Morgan fingerprint density at radius 1 is 1.29 bits per heavy atom. The number of nitrogens with zero attached hydrogens (tertiary/aromatic N) is 4. The van der Waals surface area contributed by atoms with Crippen LogP contribution in [0.25, 0.3) is 17.3 Å². The maximum Gasteiger partial charge on any atom is 0.244 e. The molecule has 12 heteroatoms. The molecular weight excluding hydrogens is 509 g/mol. The second-order valence-electron chi connectivity index (χ2n) is 8.64. The average molecular weight is 536 g/mol. The molecule has 1 aromatic heterocycles. The van der Waals surface area contributed by atoms with E-state index in [-0.39, 0.29) is 16.3 Å². The molecule has 0 saturated heterocycles. The van der Waals surface area contributed by atoms with Crippen molar-refractivity contribution in [3.05, 3.63) is 70.4 Å². The number of halogens is 2. The molecule has 4 rings (SSSR count). The monoisotopic (exact) mass is 535 g/mol. The minimum absolute atomic E-state index is 0.00935. The number of aromatic amines is 1. The molecule has 2 heterocycles. The fraction of sp³-hybridized carbons (Fsp3) is 0.231. The van der Waals surface area contributed by atoms with Gasteiger partial charge in [0.15, 0.2) is 5.82 Å². The van der Waals surface area contributed by atoms with E-state index in [4.69, 9.17) is 28.3 Å². The Kier molecular flexibility index (Phi) is 8.58. The zero-order chi connectivity index (χ0) is 27.1. The molecule has 2 bridgehead atoms. The number of hydrogen-bond acceptors (Lipinski definition) is 7. The van der Waals surface area contributed by atoms with Crippen LogP contribution in [0.2, 0.25) is 5.02 Å². The van der Waals surface area contributed by atoms with Crippen molar-refractivity contribution in [2.75, 3.05) is 16.9 Å². The molecule has 196 valence electrons. The predicted octanol–water partition coefficient (Wildman–Crippen LogP) is 4.18. The van der Waals surface area contributed by atoms with E-state index >= 15 is 0 Å². The van der Waals surface area contributed by atoms with Gasteiger partial charge in [-0.05, 0) is 37.1 Å². The molecule has 0 aliphatic carbocycles. The number of carbonyl (C=O) groups excluding carboxylic acids is 1. The number of benzene rings is 2. The van der Waals surface area contributed by atoms with Gasteiger partial charge in [0, 0.05) is 29.4 Å². The number of para-hydroxylation sites is 1. The van der Waals surface area contributed by atoms with Crippen molar-refractivity contribution in [1.29, 1.82) is 5.26 Å². The Bertz CT molecular complexity index is 1410. The molecule has 0 radical (unpaired) electrons. The highest BCUT2D eigenvalue weighted by atomic mass is 35.5. The lowest BCUT2D eigenvalue weighted by molar-refractivity contribution is -0.117. The molecule has 0 saturated carbocycles. The summed E-state index contributed by atoms with van der Waals surface area (Å²) in [6.45, 7) is 0.774. The molecule has 7 N–H and O–H groups in total. The molecule has 1 atom stereocenters. The molecule has 0 unspecified atom stereocenters. The number of H-pyrrole nitrogens is 1. The molecule has 2 aromatic carbocycles. The van der Waals surface area contributed by atoms with Gasteiger partial charge in [0.2, 0.25) is 5.91 Å². The Morgan fingerprint density at radius 3 is 2.89 bits per heavy atom. The lowest BCUT2D eigenvalue weighted by Crippen LogP contribution is -2.30. The first-order valence-electron chi connectivity index (χ1n) is 12.0. The summed E-state index contributed by atoms with van der Waals surface area (Å²) in [5.74, 6) is 10.3.